The monoisotopic (exact) mass is 507 g/mol. The van der Waals surface area contributed by atoms with Crippen LogP contribution < -0.4 is 10.2 Å². The van der Waals surface area contributed by atoms with E-state index < -0.39 is 16.8 Å². The molecule has 1 amide bonds. The average molecular weight is 508 g/mol. The van der Waals surface area contributed by atoms with Crippen molar-refractivity contribution in [2.24, 2.45) is 0 Å². The van der Waals surface area contributed by atoms with Crippen LogP contribution in [0.2, 0.25) is 0 Å². The van der Waals surface area contributed by atoms with Gasteiger partial charge in [-0.15, -0.1) is 0 Å². The summed E-state index contributed by atoms with van der Waals surface area (Å²) in [4.78, 5) is 27.2. The van der Waals surface area contributed by atoms with E-state index in [0.717, 1.165) is 39.2 Å². The Kier molecular flexibility index (Phi) is 6.70. The molecule has 2 unspecified atom stereocenters. The molecule has 2 aliphatic rings. The van der Waals surface area contributed by atoms with Crippen LogP contribution in [0.15, 0.2) is 47.4 Å². The van der Waals surface area contributed by atoms with E-state index in [9.17, 15) is 9.35 Å². The number of aryl methyl sites for hydroxylation is 1. The number of nitrogens with one attached hydrogen (secondary N) is 1. The van der Waals surface area contributed by atoms with Crippen molar-refractivity contribution in [2.45, 2.75) is 57.2 Å². The molecular formula is C27H33N5O3S. The van der Waals surface area contributed by atoms with Gasteiger partial charge < -0.3 is 24.4 Å². The standard InChI is InChI=1S/C27H33N5O3S/c1-18-9-10-22-21(15-18)24(28-20-11-12-32(17-20)26(33)35-27(2,3)4)30-25(29-22)31-13-14-36(34)23-8-6-5-7-19(23)16-31/h5-10,15,20H,11-14,16-17H2,1-4H3,(H,28,29,30). The van der Waals surface area contributed by atoms with Crippen LogP contribution in [0.25, 0.3) is 10.9 Å². The molecule has 0 bridgehead atoms. The van der Waals surface area contributed by atoms with E-state index in [1.165, 1.54) is 0 Å². The summed E-state index contributed by atoms with van der Waals surface area (Å²) in [7, 11) is 0. The molecule has 0 spiro atoms. The molecule has 190 valence electrons. The van der Waals surface area contributed by atoms with Gasteiger partial charge in [0.2, 0.25) is 5.95 Å². The van der Waals surface area contributed by atoms with Gasteiger partial charge in [0.15, 0.2) is 4.90 Å². The third kappa shape index (κ3) is 5.37. The maximum Gasteiger partial charge on any atom is 0.410 e. The van der Waals surface area contributed by atoms with Crippen LogP contribution in [0, 0.1) is 6.92 Å². The predicted molar refractivity (Wildman–Crippen MR) is 143 cm³/mol. The number of carbonyl (C=O) groups excluding carboxylic acids is 1. The van der Waals surface area contributed by atoms with E-state index >= 15 is 0 Å². The Labute approximate surface area is 215 Å². The highest BCUT2D eigenvalue weighted by molar-refractivity contribution is 7.91. The first-order chi connectivity index (χ1) is 17.2. The first kappa shape index (κ1) is 24.6. The number of nitrogens with zero attached hydrogens (tertiary/aromatic N) is 4. The van der Waals surface area contributed by atoms with Crippen LogP contribution in [0.5, 0.6) is 0 Å². The maximum atomic E-state index is 12.8. The third-order valence-corrected chi connectivity index (χ3v) is 7.87. The van der Waals surface area contributed by atoms with Crippen LogP contribution in [0.3, 0.4) is 0 Å². The van der Waals surface area contributed by atoms with Crippen molar-refractivity contribution in [3.63, 3.8) is 0 Å². The Balaban J connectivity index is 1.42. The number of amides is 1. The number of rotatable bonds is 3. The van der Waals surface area contributed by atoms with E-state index in [1.807, 2.05) is 51.1 Å². The van der Waals surface area contributed by atoms with Crippen LogP contribution in [0.1, 0.15) is 38.3 Å². The number of aromatic nitrogens is 2. The lowest BCUT2D eigenvalue weighted by Crippen LogP contribution is -2.36. The summed E-state index contributed by atoms with van der Waals surface area (Å²) in [6, 6.07) is 14.1. The number of fused-ring (bicyclic) bond motifs is 2. The second kappa shape index (κ2) is 9.78. The first-order valence-corrected chi connectivity index (χ1v) is 13.7. The summed E-state index contributed by atoms with van der Waals surface area (Å²) in [5.41, 5.74) is 2.50. The molecule has 8 nitrogen and oxygen atoms in total. The van der Waals surface area contributed by atoms with Gasteiger partial charge in [-0.3, -0.25) is 0 Å². The lowest BCUT2D eigenvalue weighted by atomic mass is 10.1. The minimum Gasteiger partial charge on any atom is -0.611 e. The number of ether oxygens (including phenoxy) is 1. The highest BCUT2D eigenvalue weighted by atomic mass is 32.2. The lowest BCUT2D eigenvalue weighted by Gasteiger charge is -2.25. The van der Waals surface area contributed by atoms with Crippen molar-refractivity contribution < 1.29 is 14.1 Å². The van der Waals surface area contributed by atoms with Gasteiger partial charge in [0, 0.05) is 30.1 Å². The summed E-state index contributed by atoms with van der Waals surface area (Å²) >= 11 is -1.04. The summed E-state index contributed by atoms with van der Waals surface area (Å²) in [5, 5.41) is 4.55. The Morgan fingerprint density at radius 2 is 1.97 bits per heavy atom. The van der Waals surface area contributed by atoms with Crippen LogP contribution >= 0.6 is 0 Å². The summed E-state index contributed by atoms with van der Waals surface area (Å²) in [5.74, 6) is 1.90. The van der Waals surface area contributed by atoms with Crippen molar-refractivity contribution in [1.29, 1.82) is 0 Å². The van der Waals surface area contributed by atoms with E-state index in [0.29, 0.717) is 37.9 Å². The van der Waals surface area contributed by atoms with Crippen molar-refractivity contribution in [2.75, 3.05) is 35.6 Å². The predicted octanol–water partition coefficient (Wildman–Crippen LogP) is 4.49. The Morgan fingerprint density at radius 1 is 1.17 bits per heavy atom. The van der Waals surface area contributed by atoms with E-state index in [1.54, 1.807) is 4.90 Å². The van der Waals surface area contributed by atoms with E-state index in [2.05, 4.69) is 29.3 Å². The van der Waals surface area contributed by atoms with Crippen LogP contribution in [0.4, 0.5) is 16.6 Å². The number of anilines is 2. The summed E-state index contributed by atoms with van der Waals surface area (Å²) in [6.07, 6.45) is 0.522. The SMILES string of the molecule is Cc1ccc2nc(N3CC[S+]([O-])c4ccccc4C3)nc(NC3CCN(C(=O)OC(C)(C)C)C3)c2c1. The van der Waals surface area contributed by atoms with Crippen LogP contribution in [-0.2, 0) is 22.5 Å². The van der Waals surface area contributed by atoms with Gasteiger partial charge in [-0.05, 0) is 63.5 Å². The highest BCUT2D eigenvalue weighted by Gasteiger charge is 2.31. The van der Waals surface area contributed by atoms with Gasteiger partial charge in [-0.1, -0.05) is 29.8 Å². The zero-order valence-electron chi connectivity index (χ0n) is 21.3. The molecule has 36 heavy (non-hydrogen) atoms. The summed E-state index contributed by atoms with van der Waals surface area (Å²) < 4.78 is 18.3. The third-order valence-electron chi connectivity index (χ3n) is 6.43. The van der Waals surface area contributed by atoms with Crippen molar-refractivity contribution in [1.82, 2.24) is 14.9 Å². The molecule has 0 saturated carbocycles. The first-order valence-electron chi connectivity index (χ1n) is 12.4. The lowest BCUT2D eigenvalue weighted by molar-refractivity contribution is 0.0293. The molecule has 2 aromatic carbocycles. The second-order valence-electron chi connectivity index (χ2n) is 10.5. The van der Waals surface area contributed by atoms with Gasteiger partial charge >= 0.3 is 6.09 Å². The fourth-order valence-corrected chi connectivity index (χ4v) is 5.92. The fraction of sp³-hybridized carbons (Fsp3) is 0.444. The number of likely N-dealkylation sites (tertiary alicyclic amines) is 1. The van der Waals surface area contributed by atoms with Crippen molar-refractivity contribution in [3.05, 3.63) is 53.6 Å². The van der Waals surface area contributed by atoms with Gasteiger partial charge in [0.05, 0.1) is 18.6 Å². The molecule has 0 aliphatic carbocycles. The smallest absolute Gasteiger partial charge is 0.410 e. The molecule has 3 aromatic rings. The molecule has 1 aromatic heterocycles. The van der Waals surface area contributed by atoms with Crippen molar-refractivity contribution >= 4 is 39.9 Å². The number of benzene rings is 2. The Hall–Kier alpha value is -3.04. The minimum absolute atomic E-state index is 0.0568. The Morgan fingerprint density at radius 3 is 2.78 bits per heavy atom. The molecule has 0 radical (unpaired) electrons. The quantitative estimate of drug-likeness (QED) is 0.522. The number of hydrogen-bond acceptors (Lipinski definition) is 7. The Bertz CT molecular complexity index is 1280. The highest BCUT2D eigenvalue weighted by Crippen LogP contribution is 2.30. The zero-order valence-corrected chi connectivity index (χ0v) is 22.1. The molecule has 1 saturated heterocycles. The van der Waals surface area contributed by atoms with Gasteiger partial charge in [-0.25, -0.2) is 9.78 Å². The fourth-order valence-electron chi connectivity index (χ4n) is 4.66. The molecule has 1 N–H and O–H groups in total. The van der Waals surface area contributed by atoms with Gasteiger partial charge in [-0.2, -0.15) is 4.98 Å². The topological polar surface area (TPSA) is 93.6 Å². The maximum absolute atomic E-state index is 12.8. The van der Waals surface area contributed by atoms with Crippen LogP contribution in [-0.4, -0.2) is 62.5 Å². The van der Waals surface area contributed by atoms with Gasteiger partial charge in [0.25, 0.3) is 0 Å². The van der Waals surface area contributed by atoms with E-state index in [-0.39, 0.29) is 12.1 Å². The minimum atomic E-state index is -1.04. The normalized spacial score (nSPS) is 20.2. The second-order valence-corrected chi connectivity index (χ2v) is 12.1. The molecular weight excluding hydrogens is 474 g/mol. The molecule has 5 rings (SSSR count). The molecule has 2 atom stereocenters. The average Bonchev–Trinajstić information content (AvgIpc) is 3.22. The summed E-state index contributed by atoms with van der Waals surface area (Å²) in [6.45, 7) is 10.1. The molecule has 3 heterocycles. The molecule has 9 heteroatoms. The largest absolute Gasteiger partial charge is 0.611 e. The van der Waals surface area contributed by atoms with Gasteiger partial charge in [0.1, 0.15) is 17.2 Å². The zero-order chi connectivity index (χ0) is 25.4. The molecule has 1 fully saturated rings. The number of hydrogen-bond donors (Lipinski definition) is 1. The van der Waals surface area contributed by atoms with E-state index in [4.69, 9.17) is 14.7 Å². The van der Waals surface area contributed by atoms with Crippen molar-refractivity contribution in [3.8, 4) is 0 Å². The number of carbonyl (C=O) groups is 1. The molecule has 2 aliphatic heterocycles.